The average Bonchev–Trinajstić information content (AvgIpc) is 2.75. The van der Waals surface area contributed by atoms with Crippen molar-refractivity contribution in [1.82, 2.24) is 15.3 Å². The molecular formula is C21H27N3O2. The van der Waals surface area contributed by atoms with Crippen LogP contribution in [0.2, 0.25) is 0 Å². The Balaban J connectivity index is 1.89. The lowest BCUT2D eigenvalue weighted by Crippen LogP contribution is -2.50. The molecule has 1 saturated heterocycles. The molecule has 2 aromatic rings. The maximum absolute atomic E-state index is 12.9. The van der Waals surface area contributed by atoms with Crippen molar-refractivity contribution in [3.8, 4) is 0 Å². The third-order valence-corrected chi connectivity index (χ3v) is 4.84. The van der Waals surface area contributed by atoms with E-state index in [1.807, 2.05) is 79.5 Å². The van der Waals surface area contributed by atoms with Gasteiger partial charge in [0.25, 0.3) is 0 Å². The van der Waals surface area contributed by atoms with E-state index in [-0.39, 0.29) is 18.1 Å². The first-order valence-electron chi connectivity index (χ1n) is 9.14. The Labute approximate surface area is 155 Å². The fourth-order valence-electron chi connectivity index (χ4n) is 3.33. The minimum absolute atomic E-state index is 0.114. The molecule has 1 aliphatic rings. The first-order valence-corrected chi connectivity index (χ1v) is 9.14. The second-order valence-electron chi connectivity index (χ2n) is 7.10. The van der Waals surface area contributed by atoms with Crippen molar-refractivity contribution >= 4 is 6.03 Å². The van der Waals surface area contributed by atoms with Gasteiger partial charge in [0, 0.05) is 19.1 Å². The Morgan fingerprint density at radius 1 is 1.04 bits per heavy atom. The van der Waals surface area contributed by atoms with Crippen LogP contribution in [0.15, 0.2) is 60.7 Å². The van der Waals surface area contributed by atoms with Gasteiger partial charge in [0.1, 0.15) is 0 Å². The monoisotopic (exact) mass is 353 g/mol. The van der Waals surface area contributed by atoms with Gasteiger partial charge in [-0.3, -0.25) is 5.43 Å². The van der Waals surface area contributed by atoms with Crippen LogP contribution in [0.1, 0.15) is 25.0 Å². The number of hydrazine groups is 1. The highest BCUT2D eigenvalue weighted by Gasteiger charge is 2.36. The molecule has 0 spiro atoms. The molecule has 2 amide bonds. The quantitative estimate of drug-likeness (QED) is 0.869. The van der Waals surface area contributed by atoms with Gasteiger partial charge in [0.2, 0.25) is 0 Å². The molecule has 0 radical (unpaired) electrons. The summed E-state index contributed by atoms with van der Waals surface area (Å²) in [5, 5.41) is 12.7. The van der Waals surface area contributed by atoms with Gasteiger partial charge in [-0.2, -0.15) is 0 Å². The minimum atomic E-state index is -0.639. The minimum Gasteiger partial charge on any atom is -0.390 e. The topological polar surface area (TPSA) is 55.8 Å². The van der Waals surface area contributed by atoms with Crippen LogP contribution in [0, 0.1) is 0 Å². The number of amides is 2. The molecule has 26 heavy (non-hydrogen) atoms. The van der Waals surface area contributed by atoms with Gasteiger partial charge in [0.15, 0.2) is 0 Å². The predicted molar refractivity (Wildman–Crippen MR) is 102 cm³/mol. The van der Waals surface area contributed by atoms with Crippen molar-refractivity contribution in [2.75, 3.05) is 6.54 Å². The lowest BCUT2D eigenvalue weighted by Gasteiger charge is -2.32. The molecule has 5 nitrogen and oxygen atoms in total. The van der Waals surface area contributed by atoms with E-state index < -0.39 is 6.10 Å². The first-order chi connectivity index (χ1) is 12.5. The lowest BCUT2D eigenvalue weighted by molar-refractivity contribution is 0.0484. The largest absolute Gasteiger partial charge is 0.390 e. The molecule has 2 N–H and O–H groups in total. The Morgan fingerprint density at radius 2 is 1.62 bits per heavy atom. The summed E-state index contributed by atoms with van der Waals surface area (Å²) >= 11 is 0. The molecule has 0 saturated carbocycles. The average molecular weight is 353 g/mol. The predicted octanol–water partition coefficient (Wildman–Crippen LogP) is 2.81. The Bertz CT molecular complexity index is 706. The molecule has 2 atom stereocenters. The fourth-order valence-corrected chi connectivity index (χ4v) is 3.33. The van der Waals surface area contributed by atoms with Crippen molar-refractivity contribution in [3.63, 3.8) is 0 Å². The summed E-state index contributed by atoms with van der Waals surface area (Å²) in [7, 11) is 0. The van der Waals surface area contributed by atoms with Crippen LogP contribution in [-0.2, 0) is 13.0 Å². The van der Waals surface area contributed by atoms with Gasteiger partial charge in [0.05, 0.1) is 12.1 Å². The third-order valence-electron chi connectivity index (χ3n) is 4.84. The second-order valence-corrected chi connectivity index (χ2v) is 7.10. The molecule has 2 aromatic carbocycles. The van der Waals surface area contributed by atoms with Crippen LogP contribution in [-0.4, -0.2) is 45.8 Å². The Kier molecular flexibility index (Phi) is 5.91. The van der Waals surface area contributed by atoms with Gasteiger partial charge >= 0.3 is 6.03 Å². The molecule has 1 fully saturated rings. The van der Waals surface area contributed by atoms with E-state index in [1.165, 1.54) is 0 Å². The van der Waals surface area contributed by atoms with Crippen molar-refractivity contribution in [2.24, 2.45) is 0 Å². The molecule has 138 valence electrons. The van der Waals surface area contributed by atoms with Gasteiger partial charge in [-0.25, -0.2) is 9.80 Å². The molecule has 0 aromatic heterocycles. The van der Waals surface area contributed by atoms with Crippen LogP contribution in [0.25, 0.3) is 0 Å². The van der Waals surface area contributed by atoms with Crippen molar-refractivity contribution in [2.45, 2.75) is 45.0 Å². The summed E-state index contributed by atoms with van der Waals surface area (Å²) in [5.74, 6) is 0. The number of carbonyl (C=O) groups excluding carboxylic acids is 1. The maximum atomic E-state index is 12.9. The molecule has 5 heteroatoms. The van der Waals surface area contributed by atoms with Gasteiger partial charge < -0.3 is 10.0 Å². The van der Waals surface area contributed by atoms with E-state index in [1.54, 1.807) is 4.90 Å². The number of carbonyl (C=O) groups is 1. The zero-order chi connectivity index (χ0) is 18.5. The number of nitrogens with zero attached hydrogens (tertiary/aromatic N) is 2. The summed E-state index contributed by atoms with van der Waals surface area (Å²) in [6.07, 6.45) is -0.0194. The summed E-state index contributed by atoms with van der Waals surface area (Å²) in [4.78, 5) is 14.7. The van der Waals surface area contributed by atoms with Gasteiger partial charge in [-0.05, 0) is 31.4 Å². The molecule has 2 unspecified atom stereocenters. The number of nitrogens with one attached hydrogen (secondary N) is 1. The van der Waals surface area contributed by atoms with Crippen LogP contribution in [0.4, 0.5) is 4.79 Å². The summed E-state index contributed by atoms with van der Waals surface area (Å²) in [5.41, 5.74) is 5.11. The molecule has 0 aliphatic carbocycles. The molecule has 1 heterocycles. The summed E-state index contributed by atoms with van der Waals surface area (Å²) in [6.45, 7) is 4.89. The SMILES string of the molecule is CC(C)N1CC(O)C(Cc2ccccc2)N(Cc2ccccc2)C(=O)N1. The highest BCUT2D eigenvalue weighted by molar-refractivity contribution is 5.74. The number of β-amino-alcohol motifs (C(OH)–C–C–N with tert-alkyl or cyclic N) is 1. The van der Waals surface area contributed by atoms with Crippen molar-refractivity contribution in [1.29, 1.82) is 0 Å². The molecule has 3 rings (SSSR count). The number of urea groups is 1. The number of benzene rings is 2. The number of hydrogen-bond acceptors (Lipinski definition) is 3. The van der Waals surface area contributed by atoms with Crippen LogP contribution in [0.5, 0.6) is 0 Å². The Morgan fingerprint density at radius 3 is 2.19 bits per heavy atom. The number of rotatable bonds is 5. The number of aliphatic hydroxyl groups is 1. The molecular weight excluding hydrogens is 326 g/mol. The van der Waals surface area contributed by atoms with Crippen LogP contribution < -0.4 is 5.43 Å². The zero-order valence-electron chi connectivity index (χ0n) is 15.4. The molecule has 1 aliphatic heterocycles. The maximum Gasteiger partial charge on any atom is 0.332 e. The number of aliphatic hydroxyl groups excluding tert-OH is 1. The third kappa shape index (κ3) is 4.42. The fraction of sp³-hybridized carbons (Fsp3) is 0.381. The van der Waals surface area contributed by atoms with E-state index in [9.17, 15) is 9.90 Å². The molecule has 0 bridgehead atoms. The van der Waals surface area contributed by atoms with Gasteiger partial charge in [-0.15, -0.1) is 0 Å². The Hall–Kier alpha value is -2.37. The van der Waals surface area contributed by atoms with E-state index in [0.717, 1.165) is 11.1 Å². The number of hydrogen-bond donors (Lipinski definition) is 2. The van der Waals surface area contributed by atoms with Crippen molar-refractivity contribution in [3.05, 3.63) is 71.8 Å². The van der Waals surface area contributed by atoms with E-state index in [0.29, 0.717) is 19.5 Å². The normalized spacial score (nSPS) is 21.5. The lowest BCUT2D eigenvalue weighted by atomic mass is 9.99. The van der Waals surface area contributed by atoms with Crippen molar-refractivity contribution < 1.29 is 9.90 Å². The first kappa shape index (κ1) is 18.4. The van der Waals surface area contributed by atoms with E-state index in [4.69, 9.17) is 0 Å². The highest BCUT2D eigenvalue weighted by Crippen LogP contribution is 2.20. The van der Waals surface area contributed by atoms with Crippen LogP contribution in [0.3, 0.4) is 0 Å². The van der Waals surface area contributed by atoms with Crippen LogP contribution >= 0.6 is 0 Å². The second kappa shape index (κ2) is 8.34. The highest BCUT2D eigenvalue weighted by atomic mass is 16.3. The summed E-state index contributed by atoms with van der Waals surface area (Å²) < 4.78 is 0. The van der Waals surface area contributed by atoms with E-state index in [2.05, 4.69) is 5.43 Å². The smallest absolute Gasteiger partial charge is 0.332 e. The van der Waals surface area contributed by atoms with E-state index >= 15 is 0 Å². The van der Waals surface area contributed by atoms with Gasteiger partial charge in [-0.1, -0.05) is 60.7 Å². The zero-order valence-corrected chi connectivity index (χ0v) is 15.4. The summed E-state index contributed by atoms with van der Waals surface area (Å²) in [6, 6.07) is 19.6. The standard InChI is InChI=1S/C21H27N3O2/c1-16(2)24-15-20(25)19(13-17-9-5-3-6-10-17)23(21(26)22-24)14-18-11-7-4-8-12-18/h3-12,16,19-20,25H,13-15H2,1-2H3,(H,22,26).